The third-order valence-corrected chi connectivity index (χ3v) is 5.66. The number of amidine groups is 1. The highest BCUT2D eigenvalue weighted by molar-refractivity contribution is 6.10. The van der Waals surface area contributed by atoms with E-state index in [4.69, 9.17) is 4.74 Å². The van der Waals surface area contributed by atoms with Crippen molar-refractivity contribution in [1.82, 2.24) is 15.3 Å². The summed E-state index contributed by atoms with van der Waals surface area (Å²) in [7, 11) is 0. The summed E-state index contributed by atoms with van der Waals surface area (Å²) >= 11 is 0. The second-order valence-corrected chi connectivity index (χ2v) is 7.33. The maximum absolute atomic E-state index is 12.1. The van der Waals surface area contributed by atoms with Crippen molar-refractivity contribution in [1.29, 1.82) is 0 Å². The van der Waals surface area contributed by atoms with Gasteiger partial charge in [-0.25, -0.2) is 5.43 Å². The van der Waals surface area contributed by atoms with Gasteiger partial charge in [0, 0.05) is 18.1 Å². The van der Waals surface area contributed by atoms with E-state index in [-0.39, 0.29) is 17.5 Å². The molecule has 2 atom stereocenters. The number of aromatic nitrogens is 1. The highest BCUT2D eigenvalue weighted by Crippen LogP contribution is 2.40. The molecule has 2 aromatic rings. The number of benzene rings is 1. The van der Waals surface area contributed by atoms with Crippen LogP contribution in [0.2, 0.25) is 0 Å². The Morgan fingerprint density at radius 2 is 2.28 bits per heavy atom. The molecule has 7 nitrogen and oxygen atoms in total. The fourth-order valence-electron chi connectivity index (χ4n) is 4.13. The molecule has 3 aliphatic rings. The molecule has 3 aliphatic heterocycles. The van der Waals surface area contributed by atoms with E-state index in [1.807, 2.05) is 11.8 Å². The van der Waals surface area contributed by atoms with Gasteiger partial charge in [0.1, 0.15) is 18.4 Å². The first-order chi connectivity index (χ1) is 12.1. The smallest absolute Gasteiger partial charge is 0.262 e. The van der Waals surface area contributed by atoms with Crippen LogP contribution < -0.4 is 20.4 Å². The van der Waals surface area contributed by atoms with Gasteiger partial charge < -0.3 is 19.5 Å². The van der Waals surface area contributed by atoms with Crippen molar-refractivity contribution in [3.63, 3.8) is 0 Å². The highest BCUT2D eigenvalue weighted by atomic mass is 16.5. The van der Waals surface area contributed by atoms with Gasteiger partial charge in [0.05, 0.1) is 16.7 Å². The minimum Gasteiger partial charge on any atom is -0.483 e. The first kappa shape index (κ1) is 14.8. The van der Waals surface area contributed by atoms with E-state index >= 15 is 0 Å². The van der Waals surface area contributed by atoms with Crippen LogP contribution in [0.1, 0.15) is 20.3 Å². The van der Waals surface area contributed by atoms with E-state index in [9.17, 15) is 4.79 Å². The van der Waals surface area contributed by atoms with E-state index in [0.717, 1.165) is 47.7 Å². The molecule has 1 amide bonds. The fourth-order valence-corrected chi connectivity index (χ4v) is 4.13. The largest absolute Gasteiger partial charge is 0.483 e. The number of fused-ring (bicyclic) bond motifs is 4. The zero-order valence-corrected chi connectivity index (χ0v) is 14.4. The molecule has 0 saturated carbocycles. The van der Waals surface area contributed by atoms with Gasteiger partial charge in [-0.3, -0.25) is 4.79 Å². The van der Waals surface area contributed by atoms with E-state index in [1.165, 1.54) is 0 Å². The standard InChI is InChI=1S/C18H21N5O2/c1-11-17(24)21-20-16-9-25-15-7-12-3-6-22(18(2)4-5-19-10-18)13(12)8-14(15)23(11)16/h3,6-8,11,19H,4-5,9-10H2,1-2H3,(H,21,24)/t11-,18+/m1/s1. The summed E-state index contributed by atoms with van der Waals surface area (Å²) in [6.07, 6.45) is 3.25. The Morgan fingerprint density at radius 3 is 3.08 bits per heavy atom. The maximum atomic E-state index is 12.1. The number of carbonyl (C=O) groups is 1. The van der Waals surface area contributed by atoms with Crippen LogP contribution in [-0.2, 0) is 10.3 Å². The summed E-state index contributed by atoms with van der Waals surface area (Å²) in [5.41, 5.74) is 4.70. The van der Waals surface area contributed by atoms with Crippen LogP contribution in [0.15, 0.2) is 29.5 Å². The molecule has 0 radical (unpaired) electrons. The van der Waals surface area contributed by atoms with Crippen molar-refractivity contribution < 1.29 is 9.53 Å². The number of ether oxygens (including phenoxy) is 1. The van der Waals surface area contributed by atoms with Crippen LogP contribution in [0.25, 0.3) is 10.9 Å². The number of hydrazone groups is 1. The van der Waals surface area contributed by atoms with Gasteiger partial charge in [-0.05, 0) is 45.0 Å². The molecule has 0 bridgehead atoms. The third kappa shape index (κ3) is 2.02. The first-order valence-electron chi connectivity index (χ1n) is 8.72. The summed E-state index contributed by atoms with van der Waals surface area (Å²) < 4.78 is 8.25. The normalized spacial score (nSPS) is 28.2. The lowest BCUT2D eigenvalue weighted by Crippen LogP contribution is -2.55. The lowest BCUT2D eigenvalue weighted by Gasteiger charge is -2.38. The predicted molar refractivity (Wildman–Crippen MR) is 96.1 cm³/mol. The van der Waals surface area contributed by atoms with E-state index in [2.05, 4.69) is 51.7 Å². The average Bonchev–Trinajstić information content (AvgIpc) is 3.22. The molecule has 7 heteroatoms. The molecule has 4 heterocycles. The summed E-state index contributed by atoms with van der Waals surface area (Å²) in [6.45, 7) is 6.53. The summed E-state index contributed by atoms with van der Waals surface area (Å²) in [4.78, 5) is 14.1. The van der Waals surface area contributed by atoms with Gasteiger partial charge in [-0.1, -0.05) is 0 Å². The van der Waals surface area contributed by atoms with Gasteiger partial charge in [0.25, 0.3) is 5.91 Å². The number of hydrogen-bond donors (Lipinski definition) is 2. The Bertz CT molecular complexity index is 910. The van der Waals surface area contributed by atoms with E-state index < -0.39 is 0 Å². The average molecular weight is 339 g/mol. The molecule has 1 fully saturated rings. The Kier molecular flexibility index (Phi) is 2.94. The summed E-state index contributed by atoms with van der Waals surface area (Å²) in [5, 5.41) is 8.78. The molecule has 0 unspecified atom stereocenters. The van der Waals surface area contributed by atoms with Crippen molar-refractivity contribution in [3.05, 3.63) is 24.4 Å². The van der Waals surface area contributed by atoms with Crippen molar-refractivity contribution in [2.45, 2.75) is 31.8 Å². The van der Waals surface area contributed by atoms with Crippen LogP contribution >= 0.6 is 0 Å². The molecule has 2 N–H and O–H groups in total. The van der Waals surface area contributed by atoms with Crippen LogP contribution in [0.3, 0.4) is 0 Å². The maximum Gasteiger partial charge on any atom is 0.262 e. The van der Waals surface area contributed by atoms with Crippen LogP contribution in [0.4, 0.5) is 5.69 Å². The van der Waals surface area contributed by atoms with E-state index in [0.29, 0.717) is 6.61 Å². The number of hydrogen-bond acceptors (Lipinski definition) is 5. The number of nitrogens with zero attached hydrogens (tertiary/aromatic N) is 3. The van der Waals surface area contributed by atoms with E-state index in [1.54, 1.807) is 0 Å². The third-order valence-electron chi connectivity index (χ3n) is 5.66. The van der Waals surface area contributed by atoms with Crippen LogP contribution in [-0.4, -0.2) is 42.0 Å². The second kappa shape index (κ2) is 4.98. The quantitative estimate of drug-likeness (QED) is 0.823. The first-order valence-corrected chi connectivity index (χ1v) is 8.72. The number of anilines is 1. The minimum atomic E-state index is -0.306. The summed E-state index contributed by atoms with van der Waals surface area (Å²) in [5.74, 6) is 1.45. The molecule has 0 spiro atoms. The second-order valence-electron chi connectivity index (χ2n) is 7.33. The molecule has 0 aliphatic carbocycles. The number of rotatable bonds is 1. The predicted octanol–water partition coefficient (Wildman–Crippen LogP) is 1.38. The molecular formula is C18H21N5O2. The Labute approximate surface area is 145 Å². The lowest BCUT2D eigenvalue weighted by molar-refractivity contribution is -0.122. The minimum absolute atomic E-state index is 0.0628. The monoisotopic (exact) mass is 339 g/mol. The van der Waals surface area contributed by atoms with Crippen molar-refractivity contribution in [3.8, 4) is 5.75 Å². The number of amides is 1. The van der Waals surface area contributed by atoms with Gasteiger partial charge in [0.2, 0.25) is 0 Å². The Hall–Kier alpha value is -2.54. The van der Waals surface area contributed by atoms with Crippen molar-refractivity contribution in [2.75, 3.05) is 24.6 Å². The van der Waals surface area contributed by atoms with Crippen molar-refractivity contribution >= 4 is 28.3 Å². The van der Waals surface area contributed by atoms with Gasteiger partial charge in [-0.2, -0.15) is 5.10 Å². The fraction of sp³-hybridized carbons (Fsp3) is 0.444. The van der Waals surface area contributed by atoms with Gasteiger partial charge >= 0.3 is 0 Å². The lowest BCUT2D eigenvalue weighted by atomic mass is 10.0. The zero-order chi connectivity index (χ0) is 17.2. The molecule has 1 aromatic heterocycles. The molecule has 1 saturated heterocycles. The van der Waals surface area contributed by atoms with Gasteiger partial charge in [-0.15, -0.1) is 0 Å². The summed E-state index contributed by atoms with van der Waals surface area (Å²) in [6, 6.07) is 6.04. The molecule has 5 rings (SSSR count). The number of nitrogens with one attached hydrogen (secondary N) is 2. The molecular weight excluding hydrogens is 318 g/mol. The molecule has 25 heavy (non-hydrogen) atoms. The van der Waals surface area contributed by atoms with Gasteiger partial charge in [0.15, 0.2) is 5.84 Å². The topological polar surface area (TPSA) is 70.9 Å². The SMILES string of the molecule is C[C@@H]1C(=O)NN=C2COc3cc4ccn([C@@]5(C)CCNC5)c4cc3N21. The zero-order valence-electron chi connectivity index (χ0n) is 14.4. The Balaban J connectivity index is 1.69. The molecule has 1 aromatic carbocycles. The van der Waals surface area contributed by atoms with Crippen molar-refractivity contribution in [2.24, 2.45) is 5.10 Å². The van der Waals surface area contributed by atoms with Crippen LogP contribution in [0.5, 0.6) is 5.75 Å². The Morgan fingerprint density at radius 1 is 1.40 bits per heavy atom. The molecule has 130 valence electrons. The highest BCUT2D eigenvalue weighted by Gasteiger charge is 2.36. The number of carbonyl (C=O) groups excluding carboxylic acids is 1. The van der Waals surface area contributed by atoms with Crippen LogP contribution in [0, 0.1) is 0 Å².